The van der Waals surface area contributed by atoms with Crippen molar-refractivity contribution in [2.75, 3.05) is 27.3 Å². The predicted octanol–water partition coefficient (Wildman–Crippen LogP) is 5.85. The molecule has 0 radical (unpaired) electrons. The molecule has 3 aromatic rings. The van der Waals surface area contributed by atoms with Crippen LogP contribution in [0.15, 0.2) is 72.8 Å². The smallest absolute Gasteiger partial charge is 0.326 e. The summed E-state index contributed by atoms with van der Waals surface area (Å²) in [6.07, 6.45) is 0.294. The number of nitrogens with one attached hydrogen (secondary N) is 2. The summed E-state index contributed by atoms with van der Waals surface area (Å²) < 4.78 is 10.4. The highest BCUT2D eigenvalue weighted by atomic mass is 16.5. The summed E-state index contributed by atoms with van der Waals surface area (Å²) >= 11 is 0. The highest BCUT2D eigenvalue weighted by Gasteiger charge is 2.22. The normalized spacial score (nSPS) is 10.8. The second-order valence-corrected chi connectivity index (χ2v) is 8.51. The van der Waals surface area contributed by atoms with E-state index in [9.17, 15) is 14.7 Å². The molecule has 1 unspecified atom stereocenters. The molecule has 0 spiro atoms. The van der Waals surface area contributed by atoms with Gasteiger partial charge in [-0.1, -0.05) is 74.5 Å². The van der Waals surface area contributed by atoms with E-state index in [1.54, 1.807) is 20.2 Å². The molecule has 3 aromatic carbocycles. The molecule has 39 heavy (non-hydrogen) atoms. The molecule has 0 aliphatic heterocycles. The number of methoxy groups -OCH3 is 1. The Kier molecular flexibility index (Phi) is 16.8. The summed E-state index contributed by atoms with van der Waals surface area (Å²) in [7, 11) is 3.43. The first kappa shape index (κ1) is 33.5. The fourth-order valence-electron chi connectivity index (χ4n) is 3.62. The molecular formula is C32H44N2O5. The van der Waals surface area contributed by atoms with E-state index in [0.717, 1.165) is 34.4 Å². The summed E-state index contributed by atoms with van der Waals surface area (Å²) in [6, 6.07) is 22.4. The van der Waals surface area contributed by atoms with E-state index >= 15 is 0 Å². The number of aliphatic carboxylic acids is 1. The van der Waals surface area contributed by atoms with E-state index < -0.39 is 17.9 Å². The van der Waals surface area contributed by atoms with Gasteiger partial charge in [0.1, 0.15) is 6.04 Å². The molecule has 1 amide bonds. The van der Waals surface area contributed by atoms with Crippen molar-refractivity contribution in [2.24, 2.45) is 0 Å². The SMILES string of the molecule is CC.CCOC.CNCCC(NC(=O)c1ccc(COCc2ccccc2)cc1-c1ccccc1C)C(=O)O. The van der Waals surface area contributed by atoms with Crippen molar-refractivity contribution in [2.45, 2.75) is 53.4 Å². The molecule has 7 nitrogen and oxygen atoms in total. The monoisotopic (exact) mass is 536 g/mol. The molecule has 0 aliphatic rings. The minimum absolute atomic E-state index is 0.294. The van der Waals surface area contributed by atoms with Gasteiger partial charge in [0.2, 0.25) is 0 Å². The van der Waals surface area contributed by atoms with Gasteiger partial charge in [0.25, 0.3) is 5.91 Å². The number of rotatable bonds is 12. The number of ether oxygens (including phenoxy) is 2. The van der Waals surface area contributed by atoms with E-state index in [1.165, 1.54) is 0 Å². The van der Waals surface area contributed by atoms with Crippen molar-refractivity contribution < 1.29 is 24.2 Å². The van der Waals surface area contributed by atoms with Crippen LogP contribution in [0.1, 0.15) is 54.2 Å². The molecule has 3 rings (SSSR count). The highest BCUT2D eigenvalue weighted by molar-refractivity contribution is 6.02. The van der Waals surface area contributed by atoms with Gasteiger partial charge in [0, 0.05) is 19.3 Å². The van der Waals surface area contributed by atoms with Crippen molar-refractivity contribution in [3.63, 3.8) is 0 Å². The van der Waals surface area contributed by atoms with Gasteiger partial charge in [0.15, 0.2) is 0 Å². The minimum atomic E-state index is -1.05. The Labute approximate surface area is 233 Å². The Morgan fingerprint density at radius 2 is 1.51 bits per heavy atom. The van der Waals surface area contributed by atoms with Crippen LogP contribution in [0.4, 0.5) is 0 Å². The molecule has 212 valence electrons. The lowest BCUT2D eigenvalue weighted by Gasteiger charge is -2.18. The fourth-order valence-corrected chi connectivity index (χ4v) is 3.62. The number of hydrogen-bond donors (Lipinski definition) is 3. The topological polar surface area (TPSA) is 96.9 Å². The summed E-state index contributed by atoms with van der Waals surface area (Å²) in [5.41, 5.74) is 5.17. The Bertz CT molecular complexity index is 1120. The van der Waals surface area contributed by atoms with Crippen molar-refractivity contribution in [1.82, 2.24) is 10.6 Å². The zero-order chi connectivity index (χ0) is 29.0. The number of hydrogen-bond acceptors (Lipinski definition) is 5. The molecule has 0 heterocycles. The van der Waals surface area contributed by atoms with Crippen LogP contribution in [0, 0.1) is 6.92 Å². The summed E-state index contributed by atoms with van der Waals surface area (Å²) in [5.74, 6) is -1.46. The van der Waals surface area contributed by atoms with Crippen LogP contribution >= 0.6 is 0 Å². The van der Waals surface area contributed by atoms with Crippen LogP contribution in [0.5, 0.6) is 0 Å². The first-order chi connectivity index (χ1) is 18.9. The third-order valence-electron chi connectivity index (χ3n) is 5.72. The van der Waals surface area contributed by atoms with Gasteiger partial charge < -0.3 is 25.2 Å². The second-order valence-electron chi connectivity index (χ2n) is 8.51. The Morgan fingerprint density at radius 1 is 0.897 bits per heavy atom. The molecule has 0 fully saturated rings. The standard InChI is InChI=1S/C27H30N2O4.C3H8O.C2H6/c1-19-8-6-7-11-22(19)24-16-21(18-33-17-20-9-4-3-5-10-20)12-13-23(24)26(30)29-25(27(31)32)14-15-28-2;1-3-4-2;1-2/h3-13,16,25,28H,14-15,17-18H2,1-2H3,(H,29,30)(H,31,32);3H2,1-2H3;1-2H3. The van der Waals surface area contributed by atoms with E-state index in [-0.39, 0.29) is 0 Å². The van der Waals surface area contributed by atoms with Gasteiger partial charge in [-0.2, -0.15) is 0 Å². The maximum atomic E-state index is 13.1. The van der Waals surface area contributed by atoms with Crippen molar-refractivity contribution in [3.8, 4) is 11.1 Å². The summed E-state index contributed by atoms with van der Waals surface area (Å²) in [5, 5.41) is 15.1. The largest absolute Gasteiger partial charge is 0.480 e. The van der Waals surface area contributed by atoms with Crippen molar-refractivity contribution in [1.29, 1.82) is 0 Å². The van der Waals surface area contributed by atoms with Crippen LogP contribution in [-0.2, 0) is 27.5 Å². The number of aryl methyl sites for hydroxylation is 1. The fraction of sp³-hybridized carbons (Fsp3) is 0.375. The van der Waals surface area contributed by atoms with Gasteiger partial charge >= 0.3 is 5.97 Å². The highest BCUT2D eigenvalue weighted by Crippen LogP contribution is 2.28. The summed E-state index contributed by atoms with van der Waals surface area (Å²) in [6.45, 7) is 10.1. The zero-order valence-electron chi connectivity index (χ0n) is 24.1. The first-order valence-corrected chi connectivity index (χ1v) is 13.4. The molecule has 0 saturated carbocycles. The van der Waals surface area contributed by atoms with Crippen LogP contribution < -0.4 is 10.6 Å². The Hall–Kier alpha value is -3.52. The molecule has 0 aliphatic carbocycles. The Balaban J connectivity index is 0.00000116. The van der Waals surface area contributed by atoms with E-state index in [0.29, 0.717) is 31.7 Å². The lowest BCUT2D eigenvalue weighted by atomic mass is 9.93. The van der Waals surface area contributed by atoms with E-state index in [4.69, 9.17) is 4.74 Å². The second kappa shape index (κ2) is 19.5. The van der Waals surface area contributed by atoms with Crippen LogP contribution in [-0.4, -0.2) is 50.3 Å². The molecule has 0 aromatic heterocycles. The third-order valence-corrected chi connectivity index (χ3v) is 5.72. The number of benzene rings is 3. The quantitative estimate of drug-likeness (QED) is 0.269. The average molecular weight is 537 g/mol. The lowest BCUT2D eigenvalue weighted by Crippen LogP contribution is -2.42. The number of carbonyl (C=O) groups is 2. The van der Waals surface area contributed by atoms with Gasteiger partial charge in [-0.15, -0.1) is 0 Å². The average Bonchev–Trinajstić information content (AvgIpc) is 2.97. The maximum Gasteiger partial charge on any atom is 0.326 e. The number of carboxylic acid groups (broad SMARTS) is 1. The van der Waals surface area contributed by atoms with Gasteiger partial charge in [-0.25, -0.2) is 4.79 Å². The molecular weight excluding hydrogens is 492 g/mol. The third kappa shape index (κ3) is 11.8. The molecule has 1 atom stereocenters. The van der Waals surface area contributed by atoms with Crippen molar-refractivity contribution in [3.05, 3.63) is 95.1 Å². The predicted molar refractivity (Wildman–Crippen MR) is 158 cm³/mol. The first-order valence-electron chi connectivity index (χ1n) is 13.4. The number of carboxylic acids is 1. The summed E-state index contributed by atoms with van der Waals surface area (Å²) in [4.78, 5) is 24.7. The maximum absolute atomic E-state index is 13.1. The van der Waals surface area contributed by atoms with Gasteiger partial charge in [-0.05, 0) is 73.8 Å². The van der Waals surface area contributed by atoms with Crippen LogP contribution in [0.3, 0.4) is 0 Å². The minimum Gasteiger partial charge on any atom is -0.480 e. The van der Waals surface area contributed by atoms with E-state index in [2.05, 4.69) is 15.4 Å². The van der Waals surface area contributed by atoms with Crippen LogP contribution in [0.25, 0.3) is 11.1 Å². The Morgan fingerprint density at radius 3 is 2.10 bits per heavy atom. The molecule has 0 saturated heterocycles. The molecule has 0 bridgehead atoms. The van der Waals surface area contributed by atoms with Crippen LogP contribution in [0.2, 0.25) is 0 Å². The number of carbonyl (C=O) groups excluding carboxylic acids is 1. The lowest BCUT2D eigenvalue weighted by molar-refractivity contribution is -0.139. The molecule has 7 heteroatoms. The zero-order valence-corrected chi connectivity index (χ0v) is 24.1. The van der Waals surface area contributed by atoms with E-state index in [1.807, 2.05) is 94.4 Å². The van der Waals surface area contributed by atoms with Gasteiger partial charge in [0.05, 0.1) is 13.2 Å². The molecule has 3 N–H and O–H groups in total. The number of amides is 1. The van der Waals surface area contributed by atoms with Crippen molar-refractivity contribution >= 4 is 11.9 Å². The van der Waals surface area contributed by atoms with Gasteiger partial charge in [-0.3, -0.25) is 4.79 Å².